The van der Waals surface area contributed by atoms with E-state index in [1.807, 2.05) is 25.1 Å². The van der Waals surface area contributed by atoms with Gasteiger partial charge in [0.15, 0.2) is 0 Å². The first-order valence-corrected chi connectivity index (χ1v) is 7.32. The second kappa shape index (κ2) is 6.26. The lowest BCUT2D eigenvalue weighted by molar-refractivity contribution is -0.141. The van der Waals surface area contributed by atoms with Crippen LogP contribution < -0.4 is 10.6 Å². The summed E-state index contributed by atoms with van der Waals surface area (Å²) in [5.74, 6) is -1.12. The monoisotopic (exact) mass is 340 g/mol. The molecule has 1 saturated carbocycles. The molecule has 2 amide bonds. The zero-order valence-electron chi connectivity index (χ0n) is 11.1. The molecule has 0 aromatic heterocycles. The normalized spacial score (nSPS) is 21.5. The Hall–Kier alpha value is -1.56. The van der Waals surface area contributed by atoms with E-state index >= 15 is 0 Å². The third-order valence-corrected chi connectivity index (χ3v) is 4.49. The molecule has 2 rings (SSSR count). The van der Waals surface area contributed by atoms with E-state index in [1.54, 1.807) is 0 Å². The molecule has 2 atom stereocenters. The molecule has 20 heavy (non-hydrogen) atoms. The van der Waals surface area contributed by atoms with Crippen molar-refractivity contribution in [3.8, 4) is 0 Å². The van der Waals surface area contributed by atoms with E-state index in [0.29, 0.717) is 19.3 Å². The summed E-state index contributed by atoms with van der Waals surface area (Å²) in [5, 5.41) is 14.6. The molecule has 0 spiro atoms. The Morgan fingerprint density at radius 3 is 2.75 bits per heavy atom. The Kier molecular flexibility index (Phi) is 4.65. The lowest BCUT2D eigenvalue weighted by Gasteiger charge is -2.15. The highest BCUT2D eigenvalue weighted by Crippen LogP contribution is 2.26. The number of halogens is 1. The van der Waals surface area contributed by atoms with Gasteiger partial charge in [-0.15, -0.1) is 0 Å². The molecule has 2 unspecified atom stereocenters. The molecule has 0 saturated heterocycles. The average molecular weight is 341 g/mol. The summed E-state index contributed by atoms with van der Waals surface area (Å²) >= 11 is 3.41. The van der Waals surface area contributed by atoms with E-state index in [9.17, 15) is 9.59 Å². The van der Waals surface area contributed by atoms with Crippen molar-refractivity contribution in [3.05, 3.63) is 28.2 Å². The molecule has 1 aromatic carbocycles. The standard InChI is InChI=1S/C14H17BrN2O3/c1-8-11(15)3-2-4-12(8)17-14(20)16-10-6-5-9(7-10)13(18)19/h2-4,9-10H,5-7H2,1H3,(H,18,19)(H2,16,17,20). The van der Waals surface area contributed by atoms with Gasteiger partial charge in [0.05, 0.1) is 5.92 Å². The van der Waals surface area contributed by atoms with Crippen molar-refractivity contribution < 1.29 is 14.7 Å². The molecule has 0 aliphatic heterocycles. The fourth-order valence-electron chi connectivity index (χ4n) is 2.42. The number of carbonyl (C=O) groups excluding carboxylic acids is 1. The van der Waals surface area contributed by atoms with Crippen molar-refractivity contribution >= 4 is 33.6 Å². The molecule has 1 aliphatic carbocycles. The van der Waals surface area contributed by atoms with Crippen LogP contribution in [0.3, 0.4) is 0 Å². The summed E-state index contributed by atoms with van der Waals surface area (Å²) in [6.45, 7) is 1.91. The van der Waals surface area contributed by atoms with Gasteiger partial charge < -0.3 is 15.7 Å². The topological polar surface area (TPSA) is 78.4 Å². The summed E-state index contributed by atoms with van der Waals surface area (Å²) in [6.07, 6.45) is 1.83. The van der Waals surface area contributed by atoms with Crippen LogP contribution in [0.5, 0.6) is 0 Å². The van der Waals surface area contributed by atoms with Crippen LogP contribution in [0.15, 0.2) is 22.7 Å². The highest BCUT2D eigenvalue weighted by molar-refractivity contribution is 9.10. The number of rotatable bonds is 3. The average Bonchev–Trinajstić information content (AvgIpc) is 2.83. The van der Waals surface area contributed by atoms with E-state index in [0.717, 1.165) is 15.7 Å². The Labute approximate surface area is 125 Å². The summed E-state index contributed by atoms with van der Waals surface area (Å²) in [6, 6.07) is 5.23. The first kappa shape index (κ1) is 14.8. The van der Waals surface area contributed by atoms with Gasteiger partial charge in [0.25, 0.3) is 0 Å². The lowest BCUT2D eigenvalue weighted by atomic mass is 10.1. The minimum Gasteiger partial charge on any atom is -0.481 e. The Morgan fingerprint density at radius 1 is 1.35 bits per heavy atom. The third-order valence-electron chi connectivity index (χ3n) is 3.63. The molecular weight excluding hydrogens is 324 g/mol. The van der Waals surface area contributed by atoms with Gasteiger partial charge in [-0.2, -0.15) is 0 Å². The second-order valence-corrected chi connectivity index (χ2v) is 5.91. The van der Waals surface area contributed by atoms with Crippen LogP contribution in [0.25, 0.3) is 0 Å². The van der Waals surface area contributed by atoms with Gasteiger partial charge in [0.2, 0.25) is 0 Å². The predicted molar refractivity (Wildman–Crippen MR) is 79.8 cm³/mol. The summed E-state index contributed by atoms with van der Waals surface area (Å²) in [7, 11) is 0. The smallest absolute Gasteiger partial charge is 0.319 e. The first-order valence-electron chi connectivity index (χ1n) is 6.53. The zero-order valence-corrected chi connectivity index (χ0v) is 12.7. The minimum absolute atomic E-state index is 0.0661. The Balaban J connectivity index is 1.90. The van der Waals surface area contributed by atoms with Crippen molar-refractivity contribution in [2.24, 2.45) is 5.92 Å². The van der Waals surface area contributed by atoms with E-state index in [1.165, 1.54) is 0 Å². The number of benzene rings is 1. The molecule has 1 aromatic rings. The largest absolute Gasteiger partial charge is 0.481 e. The highest BCUT2D eigenvalue weighted by atomic mass is 79.9. The van der Waals surface area contributed by atoms with Gasteiger partial charge >= 0.3 is 12.0 Å². The van der Waals surface area contributed by atoms with Crippen molar-refractivity contribution in [1.82, 2.24) is 5.32 Å². The Bertz CT molecular complexity index is 533. The first-order chi connectivity index (χ1) is 9.47. The van der Waals surface area contributed by atoms with Crippen LogP contribution in [0.4, 0.5) is 10.5 Å². The number of urea groups is 1. The van der Waals surface area contributed by atoms with Gasteiger partial charge in [-0.25, -0.2) is 4.79 Å². The molecule has 6 heteroatoms. The van der Waals surface area contributed by atoms with Crippen molar-refractivity contribution in [3.63, 3.8) is 0 Å². The lowest BCUT2D eigenvalue weighted by Crippen LogP contribution is -2.36. The van der Waals surface area contributed by atoms with Gasteiger partial charge in [-0.1, -0.05) is 22.0 Å². The maximum Gasteiger partial charge on any atom is 0.319 e. The fraction of sp³-hybridized carbons (Fsp3) is 0.429. The van der Waals surface area contributed by atoms with Gasteiger partial charge in [-0.05, 0) is 43.9 Å². The quantitative estimate of drug-likeness (QED) is 0.790. The molecule has 1 aliphatic rings. The molecule has 0 radical (unpaired) electrons. The number of hydrogen-bond acceptors (Lipinski definition) is 2. The Morgan fingerprint density at radius 2 is 2.10 bits per heavy atom. The third kappa shape index (κ3) is 3.50. The number of carboxylic acid groups (broad SMARTS) is 1. The van der Waals surface area contributed by atoms with Crippen LogP contribution in [-0.2, 0) is 4.79 Å². The minimum atomic E-state index is -0.780. The molecule has 0 heterocycles. The summed E-state index contributed by atoms with van der Waals surface area (Å²) in [4.78, 5) is 22.8. The molecule has 3 N–H and O–H groups in total. The second-order valence-electron chi connectivity index (χ2n) is 5.06. The maximum absolute atomic E-state index is 11.9. The summed E-state index contributed by atoms with van der Waals surface area (Å²) in [5.41, 5.74) is 1.70. The number of aliphatic carboxylic acids is 1. The zero-order chi connectivity index (χ0) is 14.7. The highest BCUT2D eigenvalue weighted by Gasteiger charge is 2.30. The van der Waals surface area contributed by atoms with Crippen molar-refractivity contribution in [2.75, 3.05) is 5.32 Å². The molecule has 1 fully saturated rings. The molecule has 108 valence electrons. The van der Waals surface area contributed by atoms with Gasteiger partial charge in [0, 0.05) is 16.2 Å². The van der Waals surface area contributed by atoms with E-state index in [-0.39, 0.29) is 18.0 Å². The van der Waals surface area contributed by atoms with E-state index in [4.69, 9.17) is 5.11 Å². The number of hydrogen-bond donors (Lipinski definition) is 3. The predicted octanol–water partition coefficient (Wildman–Crippen LogP) is 3.13. The number of nitrogens with one attached hydrogen (secondary N) is 2. The van der Waals surface area contributed by atoms with Crippen LogP contribution >= 0.6 is 15.9 Å². The van der Waals surface area contributed by atoms with Crippen molar-refractivity contribution in [2.45, 2.75) is 32.2 Å². The fourth-order valence-corrected chi connectivity index (χ4v) is 2.79. The van der Waals surface area contributed by atoms with Crippen molar-refractivity contribution in [1.29, 1.82) is 0 Å². The number of carboxylic acids is 1. The van der Waals surface area contributed by atoms with Crippen LogP contribution in [0, 0.1) is 12.8 Å². The molecule has 5 nitrogen and oxygen atoms in total. The van der Waals surface area contributed by atoms with Crippen LogP contribution in [0.1, 0.15) is 24.8 Å². The number of carbonyl (C=O) groups is 2. The van der Waals surface area contributed by atoms with E-state index < -0.39 is 5.97 Å². The SMILES string of the molecule is Cc1c(Br)cccc1NC(=O)NC1CCC(C(=O)O)C1. The van der Waals surface area contributed by atoms with Gasteiger partial charge in [-0.3, -0.25) is 4.79 Å². The van der Waals surface area contributed by atoms with Crippen LogP contribution in [0.2, 0.25) is 0 Å². The number of amides is 2. The molecule has 0 bridgehead atoms. The molecular formula is C14H17BrN2O3. The van der Waals surface area contributed by atoms with E-state index in [2.05, 4.69) is 26.6 Å². The van der Waals surface area contributed by atoms with Gasteiger partial charge in [0.1, 0.15) is 0 Å². The maximum atomic E-state index is 11.9. The van der Waals surface area contributed by atoms with Crippen LogP contribution in [-0.4, -0.2) is 23.1 Å². The number of anilines is 1. The summed E-state index contributed by atoms with van der Waals surface area (Å²) < 4.78 is 0.933.